The van der Waals surface area contributed by atoms with Crippen molar-refractivity contribution in [3.05, 3.63) is 0 Å². The molecular weight excluding hydrogens is 238 g/mol. The number of hydrogen-bond donors (Lipinski definition) is 1. The zero-order valence-corrected chi connectivity index (χ0v) is 12.3. The van der Waals surface area contributed by atoms with E-state index in [-0.39, 0.29) is 5.92 Å². The molecule has 108 valence electrons. The summed E-state index contributed by atoms with van der Waals surface area (Å²) in [5.41, 5.74) is 0. The SMILES string of the molecule is CCN1CCC(N(C)C(=O)C2CC3CCC2N3)CC1. The van der Waals surface area contributed by atoms with Gasteiger partial charge in [-0.25, -0.2) is 0 Å². The van der Waals surface area contributed by atoms with E-state index in [1.54, 1.807) is 0 Å². The number of carbonyl (C=O) groups is 1. The smallest absolute Gasteiger partial charge is 0.227 e. The lowest BCUT2D eigenvalue weighted by Gasteiger charge is -2.38. The third-order valence-electron chi connectivity index (χ3n) is 5.52. The first-order valence-corrected chi connectivity index (χ1v) is 7.94. The summed E-state index contributed by atoms with van der Waals surface area (Å²) in [7, 11) is 2.03. The maximum atomic E-state index is 12.7. The monoisotopic (exact) mass is 265 g/mol. The molecule has 0 aliphatic carbocycles. The van der Waals surface area contributed by atoms with Crippen molar-refractivity contribution in [2.45, 2.75) is 57.2 Å². The molecule has 0 aromatic rings. The largest absolute Gasteiger partial charge is 0.342 e. The van der Waals surface area contributed by atoms with Gasteiger partial charge < -0.3 is 15.1 Å². The maximum absolute atomic E-state index is 12.7. The van der Waals surface area contributed by atoms with Crippen LogP contribution in [0.4, 0.5) is 0 Å². The average molecular weight is 265 g/mol. The van der Waals surface area contributed by atoms with E-state index >= 15 is 0 Å². The van der Waals surface area contributed by atoms with Gasteiger partial charge in [-0.3, -0.25) is 4.79 Å². The van der Waals surface area contributed by atoms with Crippen LogP contribution in [0, 0.1) is 5.92 Å². The molecule has 3 rings (SSSR count). The van der Waals surface area contributed by atoms with Gasteiger partial charge in [0.2, 0.25) is 5.91 Å². The van der Waals surface area contributed by atoms with Crippen molar-refractivity contribution in [1.82, 2.24) is 15.1 Å². The fourth-order valence-electron chi connectivity index (χ4n) is 4.16. The molecular formula is C15H27N3O. The first kappa shape index (κ1) is 13.4. The number of fused-ring (bicyclic) bond motifs is 2. The van der Waals surface area contributed by atoms with E-state index < -0.39 is 0 Å². The van der Waals surface area contributed by atoms with Crippen LogP contribution in [0.2, 0.25) is 0 Å². The Bertz CT molecular complexity index is 338. The van der Waals surface area contributed by atoms with Gasteiger partial charge in [0, 0.05) is 38.3 Å². The Labute approximate surface area is 116 Å². The fourth-order valence-corrected chi connectivity index (χ4v) is 4.16. The van der Waals surface area contributed by atoms with Crippen LogP contribution in [-0.4, -0.2) is 60.5 Å². The molecule has 0 radical (unpaired) electrons. The topological polar surface area (TPSA) is 35.6 Å². The molecule has 1 amide bonds. The van der Waals surface area contributed by atoms with E-state index in [2.05, 4.69) is 22.0 Å². The molecule has 0 aromatic carbocycles. The van der Waals surface area contributed by atoms with Gasteiger partial charge in [-0.1, -0.05) is 6.92 Å². The molecule has 3 unspecified atom stereocenters. The van der Waals surface area contributed by atoms with Crippen molar-refractivity contribution >= 4 is 5.91 Å². The molecule has 2 bridgehead atoms. The summed E-state index contributed by atoms with van der Waals surface area (Å²) < 4.78 is 0. The van der Waals surface area contributed by atoms with Crippen LogP contribution in [0.25, 0.3) is 0 Å². The molecule has 0 saturated carbocycles. The molecule has 0 spiro atoms. The summed E-state index contributed by atoms with van der Waals surface area (Å²) in [4.78, 5) is 17.2. The van der Waals surface area contributed by atoms with E-state index in [4.69, 9.17) is 0 Å². The predicted molar refractivity (Wildman–Crippen MR) is 76.0 cm³/mol. The van der Waals surface area contributed by atoms with E-state index in [1.165, 1.54) is 12.8 Å². The number of carbonyl (C=O) groups excluding carboxylic acids is 1. The van der Waals surface area contributed by atoms with Crippen molar-refractivity contribution in [2.24, 2.45) is 5.92 Å². The third kappa shape index (κ3) is 2.52. The lowest BCUT2D eigenvalue weighted by molar-refractivity contribution is -0.137. The zero-order chi connectivity index (χ0) is 13.4. The lowest BCUT2D eigenvalue weighted by atomic mass is 9.87. The Morgan fingerprint density at radius 3 is 2.53 bits per heavy atom. The molecule has 3 aliphatic heterocycles. The van der Waals surface area contributed by atoms with E-state index in [1.807, 2.05) is 7.05 Å². The summed E-state index contributed by atoms with van der Waals surface area (Å²) >= 11 is 0. The number of piperidine rings is 1. The van der Waals surface area contributed by atoms with Crippen LogP contribution in [0.3, 0.4) is 0 Å². The van der Waals surface area contributed by atoms with Crippen LogP contribution in [0.5, 0.6) is 0 Å². The molecule has 4 heteroatoms. The summed E-state index contributed by atoms with van der Waals surface area (Å²) in [6.45, 7) is 5.65. The first-order chi connectivity index (χ1) is 9.19. The van der Waals surface area contributed by atoms with Gasteiger partial charge in [-0.2, -0.15) is 0 Å². The Kier molecular flexibility index (Phi) is 3.81. The highest BCUT2D eigenvalue weighted by Gasteiger charge is 2.44. The van der Waals surface area contributed by atoms with Gasteiger partial charge in [-0.05, 0) is 38.6 Å². The maximum Gasteiger partial charge on any atom is 0.227 e. The second kappa shape index (κ2) is 5.41. The Morgan fingerprint density at radius 1 is 1.26 bits per heavy atom. The molecule has 1 N–H and O–H groups in total. The third-order valence-corrected chi connectivity index (χ3v) is 5.52. The van der Waals surface area contributed by atoms with E-state index in [0.717, 1.165) is 38.9 Å². The number of amides is 1. The van der Waals surface area contributed by atoms with Crippen LogP contribution in [0.15, 0.2) is 0 Å². The summed E-state index contributed by atoms with van der Waals surface area (Å²) in [5.74, 6) is 0.655. The van der Waals surface area contributed by atoms with Crippen LogP contribution < -0.4 is 5.32 Å². The highest BCUT2D eigenvalue weighted by atomic mass is 16.2. The van der Waals surface area contributed by atoms with E-state index in [9.17, 15) is 4.79 Å². The van der Waals surface area contributed by atoms with Gasteiger partial charge in [0.05, 0.1) is 5.92 Å². The molecule has 4 nitrogen and oxygen atoms in total. The molecule has 3 atom stereocenters. The van der Waals surface area contributed by atoms with Gasteiger partial charge in [-0.15, -0.1) is 0 Å². The van der Waals surface area contributed by atoms with Crippen molar-refractivity contribution < 1.29 is 4.79 Å². The summed E-state index contributed by atoms with van der Waals surface area (Å²) in [6, 6.07) is 1.55. The van der Waals surface area contributed by atoms with Gasteiger partial charge in [0.1, 0.15) is 0 Å². The van der Waals surface area contributed by atoms with Crippen LogP contribution in [-0.2, 0) is 4.79 Å². The number of likely N-dealkylation sites (tertiary alicyclic amines) is 1. The highest BCUT2D eigenvalue weighted by Crippen LogP contribution is 2.34. The van der Waals surface area contributed by atoms with Crippen molar-refractivity contribution in [2.75, 3.05) is 26.7 Å². The fraction of sp³-hybridized carbons (Fsp3) is 0.933. The molecule has 3 heterocycles. The van der Waals surface area contributed by atoms with Crippen LogP contribution >= 0.6 is 0 Å². The van der Waals surface area contributed by atoms with Gasteiger partial charge in [0.15, 0.2) is 0 Å². The van der Waals surface area contributed by atoms with Gasteiger partial charge in [0.25, 0.3) is 0 Å². The number of rotatable bonds is 3. The first-order valence-electron chi connectivity index (χ1n) is 7.94. The molecule has 19 heavy (non-hydrogen) atoms. The minimum Gasteiger partial charge on any atom is -0.342 e. The van der Waals surface area contributed by atoms with Crippen LogP contribution in [0.1, 0.15) is 39.0 Å². The standard InChI is InChI=1S/C15H27N3O/c1-3-18-8-6-12(7-9-18)17(2)15(19)13-10-11-4-5-14(13)16-11/h11-14,16H,3-10H2,1-2H3. The minimum absolute atomic E-state index is 0.257. The predicted octanol–water partition coefficient (Wildman–Crippen LogP) is 1.07. The lowest BCUT2D eigenvalue weighted by Crippen LogP contribution is -2.48. The minimum atomic E-state index is 0.257. The molecule has 3 aliphatic rings. The van der Waals surface area contributed by atoms with Crippen molar-refractivity contribution in [3.8, 4) is 0 Å². The Hall–Kier alpha value is -0.610. The van der Waals surface area contributed by atoms with Crippen molar-refractivity contribution in [1.29, 1.82) is 0 Å². The second-order valence-corrected chi connectivity index (χ2v) is 6.50. The molecule has 3 saturated heterocycles. The van der Waals surface area contributed by atoms with Crippen molar-refractivity contribution in [3.63, 3.8) is 0 Å². The number of nitrogens with zero attached hydrogens (tertiary/aromatic N) is 2. The van der Waals surface area contributed by atoms with Gasteiger partial charge >= 0.3 is 0 Å². The summed E-state index contributed by atoms with van der Waals surface area (Å²) in [6.07, 6.45) is 5.83. The zero-order valence-electron chi connectivity index (χ0n) is 12.3. The Balaban J connectivity index is 1.55. The highest BCUT2D eigenvalue weighted by molar-refractivity contribution is 5.80. The van der Waals surface area contributed by atoms with E-state index in [0.29, 0.717) is 24.0 Å². The number of hydrogen-bond acceptors (Lipinski definition) is 3. The second-order valence-electron chi connectivity index (χ2n) is 6.50. The Morgan fingerprint density at radius 2 is 2.00 bits per heavy atom. The normalized spacial score (nSPS) is 35.8. The molecule has 0 aromatic heterocycles. The quantitative estimate of drug-likeness (QED) is 0.829. The molecule has 3 fully saturated rings. The summed E-state index contributed by atoms with van der Waals surface area (Å²) in [5, 5.41) is 3.58. The average Bonchev–Trinajstić information content (AvgIpc) is 3.08. The number of nitrogens with one attached hydrogen (secondary N) is 1.